The van der Waals surface area contributed by atoms with Crippen molar-refractivity contribution in [3.05, 3.63) is 263 Å². The zero-order valence-corrected chi connectivity index (χ0v) is 31.7. The first-order chi connectivity index (χ1) is 28.8. The Labute approximate surface area is 338 Å². The number of rotatable bonds is 2. The number of benzene rings is 9. The highest BCUT2D eigenvalue weighted by Gasteiger charge is 2.53. The predicted octanol–water partition coefficient (Wildman–Crippen LogP) is 14.0. The summed E-state index contributed by atoms with van der Waals surface area (Å²) in [6.07, 6.45) is 0. The van der Waals surface area contributed by atoms with Gasteiger partial charge in [-0.3, -0.25) is 0 Å². The highest BCUT2D eigenvalue weighted by Crippen LogP contribution is 2.65. The Kier molecular flexibility index (Phi) is 6.33. The van der Waals surface area contributed by atoms with Gasteiger partial charge in [-0.15, -0.1) is 0 Å². The van der Waals surface area contributed by atoms with Crippen molar-refractivity contribution < 1.29 is 0 Å². The lowest BCUT2D eigenvalue weighted by Crippen LogP contribution is -2.36. The van der Waals surface area contributed by atoms with E-state index in [1.54, 1.807) is 0 Å². The van der Waals surface area contributed by atoms with Gasteiger partial charge in [0.2, 0.25) is 0 Å². The molecule has 58 heavy (non-hydrogen) atoms. The molecule has 0 unspecified atom stereocenters. The fourth-order valence-corrected chi connectivity index (χ4v) is 11.5. The maximum absolute atomic E-state index is 2.50. The van der Waals surface area contributed by atoms with E-state index in [-0.39, 0.29) is 0 Å². The first kappa shape index (κ1) is 31.7. The van der Waals surface area contributed by atoms with Crippen LogP contribution in [-0.4, -0.2) is 0 Å². The molecule has 270 valence electrons. The lowest BCUT2D eigenvalue weighted by atomic mass is 9.64. The summed E-state index contributed by atoms with van der Waals surface area (Å²) < 4.78 is 0. The molecule has 2 heteroatoms. The smallest absolute Gasteiger partial charge is 0.0754 e. The summed E-state index contributed by atoms with van der Waals surface area (Å²) in [5.41, 5.74) is 22.0. The van der Waals surface area contributed by atoms with Gasteiger partial charge in [0.15, 0.2) is 0 Å². The van der Waals surface area contributed by atoms with E-state index in [0.717, 1.165) is 11.4 Å². The van der Waals surface area contributed by atoms with E-state index in [1.165, 1.54) is 89.5 Å². The molecule has 0 saturated carbocycles. The Morgan fingerprint density at radius 3 is 0.759 bits per heavy atom. The second-order valence-electron chi connectivity index (χ2n) is 15.9. The van der Waals surface area contributed by atoms with Gasteiger partial charge < -0.3 is 9.80 Å². The summed E-state index contributed by atoms with van der Waals surface area (Å²) in [6, 6.07) is 81.6. The Hall–Kier alpha value is -7.42. The van der Waals surface area contributed by atoms with E-state index < -0.39 is 10.8 Å². The van der Waals surface area contributed by atoms with Gasteiger partial charge in [-0.1, -0.05) is 176 Å². The quantitative estimate of drug-likeness (QED) is 0.174. The molecule has 0 N–H and O–H groups in total. The monoisotopic (exact) mass is 736 g/mol. The highest BCUT2D eigenvalue weighted by atomic mass is 15.2. The van der Waals surface area contributed by atoms with Crippen LogP contribution in [0, 0.1) is 0 Å². The molecule has 2 nitrogen and oxygen atoms in total. The van der Waals surface area contributed by atoms with Gasteiger partial charge in [0, 0.05) is 11.4 Å². The minimum Gasteiger partial charge on any atom is -0.310 e. The third-order valence-electron chi connectivity index (χ3n) is 13.4. The summed E-state index contributed by atoms with van der Waals surface area (Å²) in [4.78, 5) is 4.99. The first-order valence-electron chi connectivity index (χ1n) is 20.3. The van der Waals surface area contributed by atoms with Gasteiger partial charge in [0.1, 0.15) is 0 Å². The second-order valence-corrected chi connectivity index (χ2v) is 15.9. The molecule has 2 spiro atoms. The second kappa shape index (κ2) is 11.6. The van der Waals surface area contributed by atoms with E-state index in [2.05, 4.69) is 228 Å². The normalized spacial score (nSPS) is 15.1. The molecular formula is C56H36N2. The Morgan fingerprint density at radius 2 is 0.466 bits per heavy atom. The van der Waals surface area contributed by atoms with Gasteiger partial charge in [-0.05, 0) is 109 Å². The predicted molar refractivity (Wildman–Crippen MR) is 238 cm³/mol. The average Bonchev–Trinajstić information content (AvgIpc) is 3.76. The molecule has 0 aromatic heterocycles. The summed E-state index contributed by atoms with van der Waals surface area (Å²) >= 11 is 0. The van der Waals surface area contributed by atoms with Crippen LogP contribution in [0.15, 0.2) is 218 Å². The minimum atomic E-state index is -0.443. The summed E-state index contributed by atoms with van der Waals surface area (Å²) in [5.74, 6) is 0. The molecule has 4 aliphatic rings. The molecule has 0 bridgehead atoms. The van der Waals surface area contributed by atoms with Gasteiger partial charge in [-0.2, -0.15) is 0 Å². The van der Waals surface area contributed by atoms with Crippen molar-refractivity contribution in [1.82, 2.24) is 0 Å². The summed E-state index contributed by atoms with van der Waals surface area (Å²) in [7, 11) is 0. The molecule has 0 atom stereocenters. The van der Waals surface area contributed by atoms with Crippen LogP contribution < -0.4 is 9.80 Å². The number of fused-ring (bicyclic) bond motifs is 18. The zero-order chi connectivity index (χ0) is 38.0. The third kappa shape index (κ3) is 3.78. The largest absolute Gasteiger partial charge is 0.310 e. The topological polar surface area (TPSA) is 6.48 Å². The Morgan fingerprint density at radius 1 is 0.224 bits per heavy atom. The van der Waals surface area contributed by atoms with Gasteiger partial charge >= 0.3 is 0 Å². The van der Waals surface area contributed by atoms with E-state index in [4.69, 9.17) is 0 Å². The molecular weight excluding hydrogens is 701 g/mol. The maximum Gasteiger partial charge on any atom is 0.0754 e. The number of hydrogen-bond donors (Lipinski definition) is 0. The third-order valence-corrected chi connectivity index (χ3v) is 13.4. The van der Waals surface area contributed by atoms with Crippen LogP contribution in [0.3, 0.4) is 0 Å². The summed E-state index contributed by atoms with van der Waals surface area (Å²) in [6.45, 7) is 0. The van der Waals surface area contributed by atoms with Crippen LogP contribution >= 0.6 is 0 Å². The van der Waals surface area contributed by atoms with Gasteiger partial charge in [0.25, 0.3) is 0 Å². The molecule has 13 rings (SSSR count). The molecule has 0 radical (unpaired) electrons. The van der Waals surface area contributed by atoms with Crippen LogP contribution in [0.1, 0.15) is 44.5 Å². The van der Waals surface area contributed by atoms with Crippen molar-refractivity contribution in [2.45, 2.75) is 10.8 Å². The van der Waals surface area contributed by atoms with Crippen LogP contribution in [0.5, 0.6) is 0 Å². The van der Waals surface area contributed by atoms with Crippen molar-refractivity contribution in [2.24, 2.45) is 0 Å². The fraction of sp³-hybridized carbons (Fsp3) is 0.0357. The number of hydrogen-bond acceptors (Lipinski definition) is 2. The minimum absolute atomic E-state index is 0.443. The number of nitrogens with zero attached hydrogens (tertiary/aromatic N) is 2. The lowest BCUT2D eigenvalue weighted by Gasteiger charge is -2.46. The first-order valence-corrected chi connectivity index (χ1v) is 20.3. The van der Waals surface area contributed by atoms with Crippen molar-refractivity contribution in [2.75, 3.05) is 9.80 Å². The molecule has 2 aliphatic heterocycles. The van der Waals surface area contributed by atoms with Gasteiger partial charge in [-0.25, -0.2) is 0 Å². The van der Waals surface area contributed by atoms with Crippen molar-refractivity contribution in [3.63, 3.8) is 0 Å². The molecule has 0 saturated heterocycles. The molecule has 2 aliphatic carbocycles. The average molecular weight is 737 g/mol. The van der Waals surface area contributed by atoms with Crippen molar-refractivity contribution >= 4 is 34.1 Å². The van der Waals surface area contributed by atoms with Crippen molar-refractivity contribution in [1.29, 1.82) is 0 Å². The Bertz CT molecular complexity index is 2770. The number of anilines is 6. The van der Waals surface area contributed by atoms with E-state index in [0.29, 0.717) is 0 Å². The van der Waals surface area contributed by atoms with Crippen LogP contribution in [0.4, 0.5) is 34.1 Å². The molecule has 0 amide bonds. The maximum atomic E-state index is 2.50. The van der Waals surface area contributed by atoms with Gasteiger partial charge in [0.05, 0.1) is 33.6 Å². The van der Waals surface area contributed by atoms with Crippen LogP contribution in [0.25, 0.3) is 22.3 Å². The van der Waals surface area contributed by atoms with Crippen LogP contribution in [0.2, 0.25) is 0 Å². The summed E-state index contributed by atoms with van der Waals surface area (Å²) in [5, 5.41) is 0. The number of para-hydroxylation sites is 4. The van der Waals surface area contributed by atoms with Crippen LogP contribution in [-0.2, 0) is 10.8 Å². The molecule has 9 aromatic carbocycles. The standard InChI is InChI=1S/C56H36N2/c1-5-24-43-39(20-1)40-21-2-6-25-44(40)55(43)47-28-9-13-32-51(47)57(52-33-14-10-29-48(52)55)37-18-17-19-38(36-37)58-53-34-15-11-30-49(53)56(50-31-12-16-35-54(50)58)45-26-7-3-22-41(45)42-23-4-8-27-46(42)56/h1-36H. The Balaban J connectivity index is 1.04. The zero-order valence-electron chi connectivity index (χ0n) is 31.7. The lowest BCUT2D eigenvalue weighted by molar-refractivity contribution is 0.751. The highest BCUT2D eigenvalue weighted by molar-refractivity contribution is 5.99. The van der Waals surface area contributed by atoms with E-state index >= 15 is 0 Å². The molecule has 0 fully saturated rings. The van der Waals surface area contributed by atoms with E-state index in [9.17, 15) is 0 Å². The fourth-order valence-electron chi connectivity index (χ4n) is 11.5. The van der Waals surface area contributed by atoms with E-state index in [1.807, 2.05) is 0 Å². The molecule has 2 heterocycles. The SMILES string of the molecule is c1cc(N2c3ccccc3C3(c4ccccc4-c4ccccc43)c3ccccc32)cc(N2c3ccccc3C3(c4ccccc4-c4ccccc43)c3ccccc32)c1. The molecule has 9 aromatic rings. The van der Waals surface area contributed by atoms with Crippen molar-refractivity contribution in [3.8, 4) is 22.3 Å².